The summed E-state index contributed by atoms with van der Waals surface area (Å²) >= 11 is 5.32. The van der Waals surface area contributed by atoms with Crippen LogP contribution < -0.4 is 14.8 Å². The van der Waals surface area contributed by atoms with Crippen molar-refractivity contribution in [3.63, 3.8) is 0 Å². The van der Waals surface area contributed by atoms with Gasteiger partial charge < -0.3 is 19.7 Å². The van der Waals surface area contributed by atoms with Crippen molar-refractivity contribution in [3.8, 4) is 11.5 Å². The van der Waals surface area contributed by atoms with Crippen molar-refractivity contribution in [2.45, 2.75) is 19.9 Å². The number of ether oxygens (including phenoxy) is 2. The van der Waals surface area contributed by atoms with Gasteiger partial charge in [-0.3, -0.25) is 0 Å². The highest BCUT2D eigenvalue weighted by Gasteiger charge is 2.09. The molecule has 0 bridgehead atoms. The van der Waals surface area contributed by atoms with Gasteiger partial charge in [-0.15, -0.1) is 0 Å². The molecule has 0 unspecified atom stereocenters. The smallest absolute Gasteiger partial charge is 0.168 e. The van der Waals surface area contributed by atoms with Crippen LogP contribution in [0.15, 0.2) is 18.2 Å². The van der Waals surface area contributed by atoms with Gasteiger partial charge in [0.15, 0.2) is 5.11 Å². The van der Waals surface area contributed by atoms with Crippen LogP contribution in [-0.2, 0) is 6.54 Å². The molecule has 0 aliphatic carbocycles. The average Bonchev–Trinajstić information content (AvgIpc) is 2.44. The maximum atomic E-state index is 5.38. The van der Waals surface area contributed by atoms with Gasteiger partial charge in [-0.1, -0.05) is 6.92 Å². The maximum absolute atomic E-state index is 5.38. The minimum atomic E-state index is 0.697. The van der Waals surface area contributed by atoms with Gasteiger partial charge >= 0.3 is 0 Å². The number of methoxy groups -OCH3 is 2. The monoisotopic (exact) mass is 282 g/mol. The minimum Gasteiger partial charge on any atom is -0.497 e. The second-order valence-corrected chi connectivity index (χ2v) is 4.65. The average molecular weight is 282 g/mol. The fraction of sp³-hybridized carbons (Fsp3) is 0.500. The molecule has 106 valence electrons. The lowest BCUT2D eigenvalue weighted by Gasteiger charge is -2.22. The van der Waals surface area contributed by atoms with E-state index in [1.165, 1.54) is 0 Å². The molecule has 0 atom stereocenters. The van der Waals surface area contributed by atoms with Gasteiger partial charge in [0.1, 0.15) is 11.5 Å². The van der Waals surface area contributed by atoms with Gasteiger partial charge in [-0.2, -0.15) is 0 Å². The van der Waals surface area contributed by atoms with Crippen molar-refractivity contribution >= 4 is 17.3 Å². The predicted molar refractivity (Wildman–Crippen MR) is 81.9 cm³/mol. The Balaban J connectivity index is 2.72. The molecule has 0 spiro atoms. The Labute approximate surface area is 120 Å². The number of benzene rings is 1. The van der Waals surface area contributed by atoms with Crippen molar-refractivity contribution < 1.29 is 9.47 Å². The van der Waals surface area contributed by atoms with E-state index < -0.39 is 0 Å². The highest BCUT2D eigenvalue weighted by atomic mass is 32.1. The van der Waals surface area contributed by atoms with Crippen molar-refractivity contribution in [2.24, 2.45) is 0 Å². The Morgan fingerprint density at radius 1 is 1.32 bits per heavy atom. The Morgan fingerprint density at radius 2 is 2.05 bits per heavy atom. The van der Waals surface area contributed by atoms with Crippen LogP contribution in [0.25, 0.3) is 0 Å². The molecule has 5 heteroatoms. The molecule has 1 aromatic carbocycles. The lowest BCUT2D eigenvalue weighted by molar-refractivity contribution is 0.383. The van der Waals surface area contributed by atoms with Crippen LogP contribution in [0.2, 0.25) is 0 Å². The standard InChI is InChI=1S/C14H22N2O2S/c1-5-8-15-14(19)16(2)10-11-6-7-12(17-3)9-13(11)18-4/h6-7,9H,5,8,10H2,1-4H3,(H,15,19). The number of thiocarbonyl (C=S) groups is 1. The van der Waals surface area contributed by atoms with Gasteiger partial charge in [-0.25, -0.2) is 0 Å². The summed E-state index contributed by atoms with van der Waals surface area (Å²) in [6.07, 6.45) is 1.06. The normalized spacial score (nSPS) is 9.89. The first-order valence-corrected chi connectivity index (χ1v) is 6.73. The molecule has 0 amide bonds. The topological polar surface area (TPSA) is 33.7 Å². The zero-order valence-electron chi connectivity index (χ0n) is 12.0. The fourth-order valence-electron chi connectivity index (χ4n) is 1.68. The number of rotatable bonds is 6. The molecule has 1 rings (SSSR count). The Morgan fingerprint density at radius 3 is 2.63 bits per heavy atom. The molecule has 4 nitrogen and oxygen atoms in total. The van der Waals surface area contributed by atoms with Crippen molar-refractivity contribution in [2.75, 3.05) is 27.8 Å². The molecule has 0 heterocycles. The highest BCUT2D eigenvalue weighted by Crippen LogP contribution is 2.25. The molecular formula is C14H22N2O2S. The number of hydrogen-bond donors (Lipinski definition) is 1. The van der Waals surface area contributed by atoms with E-state index in [-0.39, 0.29) is 0 Å². The van der Waals surface area contributed by atoms with E-state index in [0.717, 1.165) is 35.1 Å². The van der Waals surface area contributed by atoms with E-state index in [0.29, 0.717) is 6.54 Å². The third kappa shape index (κ3) is 4.59. The van der Waals surface area contributed by atoms with E-state index >= 15 is 0 Å². The Kier molecular flexibility index (Phi) is 6.42. The van der Waals surface area contributed by atoms with Gasteiger partial charge in [0.2, 0.25) is 0 Å². The Hall–Kier alpha value is -1.49. The SMILES string of the molecule is CCCNC(=S)N(C)Cc1ccc(OC)cc1OC. The first kappa shape index (κ1) is 15.6. The van der Waals surface area contributed by atoms with Gasteiger partial charge in [-0.05, 0) is 30.8 Å². The van der Waals surface area contributed by atoms with E-state index in [1.54, 1.807) is 14.2 Å². The quantitative estimate of drug-likeness (QED) is 0.810. The zero-order chi connectivity index (χ0) is 14.3. The molecule has 1 aromatic rings. The molecular weight excluding hydrogens is 260 g/mol. The molecule has 0 saturated heterocycles. The number of nitrogens with one attached hydrogen (secondary N) is 1. The lowest BCUT2D eigenvalue weighted by Crippen LogP contribution is -2.36. The van der Waals surface area contributed by atoms with Crippen molar-refractivity contribution in [3.05, 3.63) is 23.8 Å². The van der Waals surface area contributed by atoms with E-state index in [2.05, 4.69) is 12.2 Å². The summed E-state index contributed by atoms with van der Waals surface area (Å²) in [5.41, 5.74) is 1.08. The van der Waals surface area contributed by atoms with E-state index in [9.17, 15) is 0 Å². The summed E-state index contributed by atoms with van der Waals surface area (Å²) in [7, 11) is 5.27. The van der Waals surface area contributed by atoms with Crippen LogP contribution in [0.3, 0.4) is 0 Å². The van der Waals surface area contributed by atoms with Crippen LogP contribution in [-0.4, -0.2) is 37.8 Å². The maximum Gasteiger partial charge on any atom is 0.168 e. The van der Waals surface area contributed by atoms with Crippen LogP contribution in [0.4, 0.5) is 0 Å². The largest absolute Gasteiger partial charge is 0.497 e. The van der Waals surface area contributed by atoms with Gasteiger partial charge in [0.25, 0.3) is 0 Å². The molecule has 0 aromatic heterocycles. The summed E-state index contributed by atoms with van der Waals surface area (Å²) in [6.45, 7) is 3.70. The third-order valence-electron chi connectivity index (χ3n) is 2.77. The van der Waals surface area contributed by atoms with Gasteiger partial charge in [0.05, 0.1) is 14.2 Å². The first-order valence-electron chi connectivity index (χ1n) is 6.32. The summed E-state index contributed by atoms with van der Waals surface area (Å²) in [6, 6.07) is 5.80. The first-order chi connectivity index (χ1) is 9.12. The predicted octanol–water partition coefficient (Wildman–Crippen LogP) is 2.42. The minimum absolute atomic E-state index is 0.697. The molecule has 0 aliphatic heterocycles. The zero-order valence-corrected chi connectivity index (χ0v) is 12.8. The van der Waals surface area contributed by atoms with Crippen LogP contribution in [0.1, 0.15) is 18.9 Å². The van der Waals surface area contributed by atoms with Crippen LogP contribution >= 0.6 is 12.2 Å². The molecule has 0 saturated carbocycles. The third-order valence-corrected chi connectivity index (χ3v) is 3.23. The summed E-state index contributed by atoms with van der Waals surface area (Å²) in [5.74, 6) is 1.60. The van der Waals surface area contributed by atoms with Crippen molar-refractivity contribution in [1.82, 2.24) is 10.2 Å². The summed E-state index contributed by atoms with van der Waals surface area (Å²) < 4.78 is 10.6. The summed E-state index contributed by atoms with van der Waals surface area (Å²) in [4.78, 5) is 2.00. The van der Waals surface area contributed by atoms with E-state index in [4.69, 9.17) is 21.7 Å². The molecule has 0 radical (unpaired) electrons. The molecule has 0 aliphatic rings. The second-order valence-electron chi connectivity index (χ2n) is 4.27. The van der Waals surface area contributed by atoms with Crippen LogP contribution in [0, 0.1) is 0 Å². The molecule has 0 fully saturated rings. The summed E-state index contributed by atoms with van der Waals surface area (Å²) in [5, 5.41) is 3.95. The fourth-order valence-corrected chi connectivity index (χ4v) is 1.84. The molecule has 19 heavy (non-hydrogen) atoms. The lowest BCUT2D eigenvalue weighted by atomic mass is 10.2. The Bertz CT molecular complexity index is 424. The number of nitrogens with zero attached hydrogens (tertiary/aromatic N) is 1. The van der Waals surface area contributed by atoms with E-state index in [1.807, 2.05) is 30.1 Å². The van der Waals surface area contributed by atoms with Gasteiger partial charge in [0, 0.05) is 31.8 Å². The van der Waals surface area contributed by atoms with Crippen LogP contribution in [0.5, 0.6) is 11.5 Å². The number of hydrogen-bond acceptors (Lipinski definition) is 3. The second kappa shape index (κ2) is 7.84. The van der Waals surface area contributed by atoms with Crippen molar-refractivity contribution in [1.29, 1.82) is 0 Å². The highest BCUT2D eigenvalue weighted by molar-refractivity contribution is 7.80. The molecule has 1 N–H and O–H groups in total.